The van der Waals surface area contributed by atoms with Crippen LogP contribution in [0.2, 0.25) is 0 Å². The van der Waals surface area contributed by atoms with Crippen molar-refractivity contribution in [3.05, 3.63) is 29.8 Å². The van der Waals surface area contributed by atoms with E-state index in [9.17, 15) is 8.42 Å². The molecule has 0 bridgehead atoms. The van der Waals surface area contributed by atoms with Crippen LogP contribution in [0, 0.1) is 5.92 Å². The molecule has 2 N–H and O–H groups in total. The van der Waals surface area contributed by atoms with Gasteiger partial charge in [-0.25, -0.2) is 13.1 Å². The van der Waals surface area contributed by atoms with E-state index in [2.05, 4.69) is 10.0 Å². The van der Waals surface area contributed by atoms with E-state index in [0.29, 0.717) is 17.4 Å². The fraction of sp³-hybridized carbons (Fsp3) is 0.571. The number of thioether (sulfide) groups is 1. The highest BCUT2D eigenvalue weighted by Crippen LogP contribution is 2.23. The molecule has 1 heterocycles. The number of hydrogen-bond donors (Lipinski definition) is 2. The van der Waals surface area contributed by atoms with Gasteiger partial charge >= 0.3 is 0 Å². The zero-order valence-corrected chi connectivity index (χ0v) is 13.4. The summed E-state index contributed by atoms with van der Waals surface area (Å²) in [6.45, 7) is 1.44. The second-order valence-electron chi connectivity index (χ2n) is 5.08. The molecule has 0 aromatic heterocycles. The topological polar surface area (TPSA) is 58.2 Å². The van der Waals surface area contributed by atoms with Crippen molar-refractivity contribution in [1.29, 1.82) is 0 Å². The molecule has 1 aromatic carbocycles. The van der Waals surface area contributed by atoms with Gasteiger partial charge in [0.05, 0.1) is 4.90 Å². The van der Waals surface area contributed by atoms with Crippen LogP contribution in [0.25, 0.3) is 0 Å². The molecule has 6 heteroatoms. The molecule has 1 fully saturated rings. The molecule has 0 aliphatic carbocycles. The standard InChI is InChI=1S/C14H22N2O2S2/c1-15-8-6-12-2-4-14(5-3-12)20(17,18)16-10-13-7-9-19-11-13/h2-5,13,15-16H,6-11H2,1H3. The van der Waals surface area contributed by atoms with Crippen LogP contribution < -0.4 is 10.0 Å². The molecule has 4 nitrogen and oxygen atoms in total. The van der Waals surface area contributed by atoms with E-state index >= 15 is 0 Å². The number of likely N-dealkylation sites (N-methyl/N-ethyl adjacent to an activating group) is 1. The van der Waals surface area contributed by atoms with Crippen molar-refractivity contribution in [3.8, 4) is 0 Å². The Balaban J connectivity index is 1.94. The van der Waals surface area contributed by atoms with E-state index in [1.165, 1.54) is 0 Å². The molecule has 1 atom stereocenters. The predicted molar refractivity (Wildman–Crippen MR) is 84.7 cm³/mol. The largest absolute Gasteiger partial charge is 0.319 e. The minimum absolute atomic E-state index is 0.358. The van der Waals surface area contributed by atoms with Crippen LogP contribution in [0.3, 0.4) is 0 Å². The van der Waals surface area contributed by atoms with Crippen LogP contribution in [-0.2, 0) is 16.4 Å². The number of hydrogen-bond acceptors (Lipinski definition) is 4. The molecule has 1 unspecified atom stereocenters. The van der Waals surface area contributed by atoms with E-state index in [1.54, 1.807) is 12.1 Å². The first kappa shape index (κ1) is 15.8. The molecule has 0 radical (unpaired) electrons. The first-order valence-corrected chi connectivity index (χ1v) is 9.56. The molecule has 1 aliphatic heterocycles. The van der Waals surface area contributed by atoms with Crippen LogP contribution >= 0.6 is 11.8 Å². The minimum Gasteiger partial charge on any atom is -0.319 e. The van der Waals surface area contributed by atoms with Gasteiger partial charge in [-0.3, -0.25) is 0 Å². The molecule has 1 saturated heterocycles. The van der Waals surface area contributed by atoms with Gasteiger partial charge in [0.1, 0.15) is 0 Å². The van der Waals surface area contributed by atoms with Crippen molar-refractivity contribution in [2.45, 2.75) is 17.7 Å². The maximum Gasteiger partial charge on any atom is 0.240 e. The van der Waals surface area contributed by atoms with Crippen LogP contribution in [0.1, 0.15) is 12.0 Å². The zero-order valence-electron chi connectivity index (χ0n) is 11.8. The van der Waals surface area contributed by atoms with Gasteiger partial charge in [0, 0.05) is 6.54 Å². The lowest BCUT2D eigenvalue weighted by molar-refractivity contribution is 0.546. The van der Waals surface area contributed by atoms with Gasteiger partial charge < -0.3 is 5.32 Å². The van der Waals surface area contributed by atoms with Crippen molar-refractivity contribution < 1.29 is 8.42 Å². The second kappa shape index (κ2) is 7.45. The number of rotatable bonds is 7. The van der Waals surface area contributed by atoms with Gasteiger partial charge in [-0.05, 0) is 61.6 Å². The van der Waals surface area contributed by atoms with Crippen molar-refractivity contribution in [2.24, 2.45) is 5.92 Å². The summed E-state index contributed by atoms with van der Waals surface area (Å²) < 4.78 is 27.1. The van der Waals surface area contributed by atoms with Crippen LogP contribution in [0.4, 0.5) is 0 Å². The monoisotopic (exact) mass is 314 g/mol. The maximum atomic E-state index is 12.2. The fourth-order valence-electron chi connectivity index (χ4n) is 2.16. The average molecular weight is 314 g/mol. The summed E-state index contributed by atoms with van der Waals surface area (Å²) in [5.74, 6) is 2.68. The molecule has 0 spiro atoms. The quantitative estimate of drug-likeness (QED) is 0.800. The summed E-state index contributed by atoms with van der Waals surface area (Å²) in [4.78, 5) is 0.358. The smallest absolute Gasteiger partial charge is 0.240 e. The SMILES string of the molecule is CNCCc1ccc(S(=O)(=O)NCC2CCSC2)cc1. The van der Waals surface area contributed by atoms with Gasteiger partial charge in [0.15, 0.2) is 0 Å². The van der Waals surface area contributed by atoms with E-state index < -0.39 is 10.0 Å². The van der Waals surface area contributed by atoms with Crippen LogP contribution in [-0.4, -0.2) is 40.1 Å². The Morgan fingerprint density at radius 1 is 1.30 bits per heavy atom. The summed E-state index contributed by atoms with van der Waals surface area (Å²) in [6.07, 6.45) is 2.01. The average Bonchev–Trinajstić information content (AvgIpc) is 2.97. The molecule has 1 aliphatic rings. The molecular weight excluding hydrogens is 292 g/mol. The van der Waals surface area contributed by atoms with Gasteiger partial charge in [-0.1, -0.05) is 12.1 Å². The van der Waals surface area contributed by atoms with Gasteiger partial charge in [0.2, 0.25) is 10.0 Å². The van der Waals surface area contributed by atoms with Crippen molar-refractivity contribution in [1.82, 2.24) is 10.0 Å². The summed E-state index contributed by atoms with van der Waals surface area (Å²) in [5, 5.41) is 3.08. The number of benzene rings is 1. The third kappa shape index (κ3) is 4.48. The van der Waals surface area contributed by atoms with E-state index in [4.69, 9.17) is 0 Å². The Morgan fingerprint density at radius 3 is 2.65 bits per heavy atom. The molecule has 2 rings (SSSR count). The van der Waals surface area contributed by atoms with E-state index in [0.717, 1.165) is 36.5 Å². The Morgan fingerprint density at radius 2 is 2.05 bits per heavy atom. The van der Waals surface area contributed by atoms with Crippen molar-refractivity contribution >= 4 is 21.8 Å². The molecule has 1 aromatic rings. The lowest BCUT2D eigenvalue weighted by Gasteiger charge is -2.11. The van der Waals surface area contributed by atoms with Gasteiger partial charge in [-0.2, -0.15) is 11.8 Å². The Hall–Kier alpha value is -0.560. The van der Waals surface area contributed by atoms with Crippen LogP contribution in [0.5, 0.6) is 0 Å². The first-order chi connectivity index (χ1) is 9.62. The Labute approximate surface area is 125 Å². The molecule has 0 saturated carbocycles. The highest BCUT2D eigenvalue weighted by Gasteiger charge is 2.19. The zero-order chi connectivity index (χ0) is 14.4. The maximum absolute atomic E-state index is 12.2. The molecule has 0 amide bonds. The van der Waals surface area contributed by atoms with Crippen molar-refractivity contribution in [3.63, 3.8) is 0 Å². The van der Waals surface area contributed by atoms with E-state index in [-0.39, 0.29) is 0 Å². The second-order valence-corrected chi connectivity index (χ2v) is 8.00. The summed E-state index contributed by atoms with van der Waals surface area (Å²) in [7, 11) is -1.45. The lowest BCUT2D eigenvalue weighted by atomic mass is 10.1. The number of nitrogens with one attached hydrogen (secondary N) is 2. The summed E-state index contributed by atoms with van der Waals surface area (Å²) >= 11 is 1.90. The predicted octanol–water partition coefficient (Wildman–Crippen LogP) is 1.48. The Kier molecular flexibility index (Phi) is 5.89. The third-order valence-corrected chi connectivity index (χ3v) is 6.15. The van der Waals surface area contributed by atoms with Gasteiger partial charge in [-0.15, -0.1) is 0 Å². The van der Waals surface area contributed by atoms with Crippen molar-refractivity contribution in [2.75, 3.05) is 31.6 Å². The number of sulfonamides is 1. The highest BCUT2D eigenvalue weighted by molar-refractivity contribution is 7.99. The minimum atomic E-state index is -3.36. The van der Waals surface area contributed by atoms with Gasteiger partial charge in [0.25, 0.3) is 0 Å². The lowest BCUT2D eigenvalue weighted by Crippen LogP contribution is -2.29. The molecule has 112 valence electrons. The highest BCUT2D eigenvalue weighted by atomic mass is 32.2. The van der Waals surface area contributed by atoms with Crippen LogP contribution in [0.15, 0.2) is 29.2 Å². The third-order valence-electron chi connectivity index (χ3n) is 3.48. The first-order valence-electron chi connectivity index (χ1n) is 6.93. The molecule has 20 heavy (non-hydrogen) atoms. The van der Waals surface area contributed by atoms with E-state index in [1.807, 2.05) is 30.9 Å². The summed E-state index contributed by atoms with van der Waals surface area (Å²) in [5.41, 5.74) is 1.14. The summed E-state index contributed by atoms with van der Waals surface area (Å²) in [6, 6.07) is 7.15. The fourth-order valence-corrected chi connectivity index (χ4v) is 4.56. The molecular formula is C14H22N2O2S2. The normalized spacial score (nSPS) is 19.4. The Bertz CT molecular complexity index is 508.